The highest BCUT2D eigenvalue weighted by atomic mass is 32.2. The van der Waals surface area contributed by atoms with E-state index in [-0.39, 0.29) is 10.5 Å². The summed E-state index contributed by atoms with van der Waals surface area (Å²) in [4.78, 5) is 52.7. The van der Waals surface area contributed by atoms with Gasteiger partial charge in [-0.3, -0.25) is 19.2 Å². The smallest absolute Gasteiger partial charge is 0.274 e. The number of rotatable bonds is 2. The van der Waals surface area contributed by atoms with E-state index >= 15 is 0 Å². The van der Waals surface area contributed by atoms with Crippen LogP contribution in [0.3, 0.4) is 0 Å². The van der Waals surface area contributed by atoms with Gasteiger partial charge in [0.25, 0.3) is 17.1 Å². The molecular weight excluding hydrogens is 376 g/mol. The number of fused-ring (bicyclic) bond motifs is 1. The molecule has 0 aromatic heterocycles. The van der Waals surface area contributed by atoms with Gasteiger partial charge in [-0.15, -0.1) is 0 Å². The number of nitrogens with zero attached hydrogens (tertiary/aromatic N) is 2. The Morgan fingerprint density at radius 3 is 2.29 bits per heavy atom. The van der Waals surface area contributed by atoms with Gasteiger partial charge < -0.3 is 0 Å². The minimum atomic E-state index is -0.583. The molecule has 28 heavy (non-hydrogen) atoms. The van der Waals surface area contributed by atoms with E-state index in [1.807, 2.05) is 19.1 Å². The molecule has 2 heterocycles. The number of carbonyl (C=O) groups excluding carboxylic acids is 4. The number of thioether (sulfide) groups is 1. The van der Waals surface area contributed by atoms with Crippen LogP contribution < -0.4 is 9.80 Å². The lowest BCUT2D eigenvalue weighted by molar-refractivity contribution is -0.122. The van der Waals surface area contributed by atoms with E-state index in [0.717, 1.165) is 33.5 Å². The second-order valence-corrected chi connectivity index (χ2v) is 7.37. The normalized spacial score (nSPS) is 18.9. The van der Waals surface area contributed by atoms with Crippen molar-refractivity contribution in [2.24, 2.45) is 0 Å². The van der Waals surface area contributed by atoms with Gasteiger partial charge in [-0.1, -0.05) is 37.3 Å². The number of carbonyl (C=O) groups is 4. The van der Waals surface area contributed by atoms with Crippen LogP contribution in [0.2, 0.25) is 0 Å². The first kappa shape index (κ1) is 18.2. The van der Waals surface area contributed by atoms with Crippen LogP contribution in [0, 0.1) is 0 Å². The Hall–Kier alpha value is -3.19. The van der Waals surface area contributed by atoms with Crippen LogP contribution in [0.15, 0.2) is 53.4 Å². The summed E-state index contributed by atoms with van der Waals surface area (Å²) in [6, 6.07) is 13.9. The van der Waals surface area contributed by atoms with Crippen molar-refractivity contribution in [1.29, 1.82) is 0 Å². The zero-order valence-electron chi connectivity index (χ0n) is 15.3. The van der Waals surface area contributed by atoms with Crippen molar-refractivity contribution < 1.29 is 19.2 Å². The SMILES string of the molecule is CCc1ccc(N2C(=O)S/C(=C3\C(=O)N(C(C)=O)c4ccccc43)C2=O)cc1. The van der Waals surface area contributed by atoms with Crippen LogP contribution in [0.1, 0.15) is 25.0 Å². The van der Waals surface area contributed by atoms with E-state index in [1.165, 1.54) is 6.92 Å². The Morgan fingerprint density at radius 1 is 0.964 bits per heavy atom. The summed E-state index contributed by atoms with van der Waals surface area (Å²) in [5, 5.41) is -0.469. The highest BCUT2D eigenvalue weighted by molar-refractivity contribution is 8.19. The van der Waals surface area contributed by atoms with E-state index < -0.39 is 23.0 Å². The summed E-state index contributed by atoms with van der Waals surface area (Å²) < 4.78 is 0. The number of hydrogen-bond acceptors (Lipinski definition) is 5. The minimum absolute atomic E-state index is 0.0470. The predicted molar refractivity (Wildman–Crippen MR) is 108 cm³/mol. The summed E-state index contributed by atoms with van der Waals surface area (Å²) in [7, 11) is 0. The number of anilines is 2. The number of aryl methyl sites for hydroxylation is 1. The number of para-hydroxylation sites is 1. The van der Waals surface area contributed by atoms with Crippen molar-refractivity contribution in [3.63, 3.8) is 0 Å². The first-order chi connectivity index (χ1) is 13.4. The van der Waals surface area contributed by atoms with Gasteiger partial charge >= 0.3 is 0 Å². The van der Waals surface area contributed by atoms with Crippen molar-refractivity contribution in [2.75, 3.05) is 9.80 Å². The average Bonchev–Trinajstić information content (AvgIpc) is 3.14. The van der Waals surface area contributed by atoms with Gasteiger partial charge in [0.2, 0.25) is 5.91 Å². The van der Waals surface area contributed by atoms with Gasteiger partial charge in [0, 0.05) is 12.5 Å². The Bertz CT molecular complexity index is 1070. The van der Waals surface area contributed by atoms with Crippen LogP contribution in [0.5, 0.6) is 0 Å². The van der Waals surface area contributed by atoms with E-state index in [9.17, 15) is 19.2 Å². The molecule has 140 valence electrons. The third-order valence-electron chi connectivity index (χ3n) is 4.75. The molecule has 2 aromatic rings. The molecule has 2 aliphatic heterocycles. The Balaban J connectivity index is 1.82. The second-order valence-electron chi connectivity index (χ2n) is 6.41. The maximum absolute atomic E-state index is 13.1. The lowest BCUT2D eigenvalue weighted by atomic mass is 10.1. The fraction of sp³-hybridized carbons (Fsp3) is 0.143. The average molecular weight is 392 g/mol. The molecule has 0 saturated carbocycles. The number of amides is 4. The molecule has 0 N–H and O–H groups in total. The van der Waals surface area contributed by atoms with Crippen LogP contribution in [0.4, 0.5) is 16.2 Å². The Kier molecular flexibility index (Phi) is 4.39. The standard InChI is InChI=1S/C21H16N2O4S/c1-3-13-8-10-14(11-9-13)23-20(26)18(28-21(23)27)17-15-6-4-5-7-16(15)22(12(2)24)19(17)25/h4-11H,3H2,1-2H3/b18-17-. The molecule has 2 aromatic carbocycles. The first-order valence-corrected chi connectivity index (χ1v) is 9.59. The molecule has 1 fully saturated rings. The second kappa shape index (κ2) is 6.76. The summed E-state index contributed by atoms with van der Waals surface area (Å²) in [5.41, 5.74) is 2.55. The quantitative estimate of drug-likeness (QED) is 0.728. The third kappa shape index (κ3) is 2.66. The van der Waals surface area contributed by atoms with E-state index in [0.29, 0.717) is 16.9 Å². The molecule has 0 aliphatic carbocycles. The fourth-order valence-electron chi connectivity index (χ4n) is 3.37. The Labute approximate surface area is 165 Å². The molecule has 7 heteroatoms. The van der Waals surface area contributed by atoms with Gasteiger partial charge in [-0.2, -0.15) is 0 Å². The summed E-state index contributed by atoms with van der Waals surface area (Å²) in [6.07, 6.45) is 0.846. The lowest BCUT2D eigenvalue weighted by Crippen LogP contribution is -2.32. The summed E-state index contributed by atoms with van der Waals surface area (Å²) in [6.45, 7) is 3.31. The molecule has 0 bridgehead atoms. The molecule has 4 rings (SSSR count). The zero-order chi connectivity index (χ0) is 20.0. The molecule has 0 atom stereocenters. The number of imide groups is 2. The molecule has 1 saturated heterocycles. The lowest BCUT2D eigenvalue weighted by Gasteiger charge is -2.13. The van der Waals surface area contributed by atoms with Crippen molar-refractivity contribution in [3.8, 4) is 0 Å². The fourth-order valence-corrected chi connectivity index (χ4v) is 4.30. The van der Waals surface area contributed by atoms with Crippen LogP contribution in [-0.4, -0.2) is 23.0 Å². The molecule has 2 aliphatic rings. The summed E-state index contributed by atoms with van der Waals surface area (Å²) in [5.74, 6) is -1.58. The van der Waals surface area contributed by atoms with Gasteiger partial charge in [-0.25, -0.2) is 9.80 Å². The molecule has 6 nitrogen and oxygen atoms in total. The molecule has 4 amide bonds. The highest BCUT2D eigenvalue weighted by Crippen LogP contribution is 2.45. The van der Waals surface area contributed by atoms with Gasteiger partial charge in [0.1, 0.15) is 0 Å². The van der Waals surface area contributed by atoms with Gasteiger partial charge in [-0.05, 0) is 41.9 Å². The highest BCUT2D eigenvalue weighted by Gasteiger charge is 2.44. The third-order valence-corrected chi connectivity index (χ3v) is 5.69. The minimum Gasteiger partial charge on any atom is -0.274 e. The van der Waals surface area contributed by atoms with E-state index in [1.54, 1.807) is 36.4 Å². The van der Waals surface area contributed by atoms with Crippen LogP contribution in [0.25, 0.3) is 5.57 Å². The predicted octanol–water partition coefficient (Wildman–Crippen LogP) is 3.75. The number of hydrogen-bond donors (Lipinski definition) is 0. The molecular formula is C21H16N2O4S. The maximum Gasteiger partial charge on any atom is 0.298 e. The van der Waals surface area contributed by atoms with Crippen molar-refractivity contribution in [2.45, 2.75) is 20.3 Å². The summed E-state index contributed by atoms with van der Waals surface area (Å²) >= 11 is 0.723. The van der Waals surface area contributed by atoms with Gasteiger partial charge in [0.15, 0.2) is 0 Å². The molecule has 0 spiro atoms. The zero-order valence-corrected chi connectivity index (χ0v) is 16.1. The first-order valence-electron chi connectivity index (χ1n) is 8.78. The molecule has 0 unspecified atom stereocenters. The van der Waals surface area contributed by atoms with Crippen LogP contribution in [-0.2, 0) is 20.8 Å². The van der Waals surface area contributed by atoms with E-state index in [4.69, 9.17) is 0 Å². The maximum atomic E-state index is 13.1. The molecule has 0 radical (unpaired) electrons. The topological polar surface area (TPSA) is 74.8 Å². The van der Waals surface area contributed by atoms with Gasteiger partial charge in [0.05, 0.1) is 21.9 Å². The van der Waals surface area contributed by atoms with Crippen molar-refractivity contribution >= 4 is 51.7 Å². The Morgan fingerprint density at radius 2 is 1.64 bits per heavy atom. The monoisotopic (exact) mass is 392 g/mol. The van der Waals surface area contributed by atoms with E-state index in [2.05, 4.69) is 0 Å². The van der Waals surface area contributed by atoms with Crippen molar-refractivity contribution in [1.82, 2.24) is 0 Å². The largest absolute Gasteiger partial charge is 0.298 e. The van der Waals surface area contributed by atoms with Crippen molar-refractivity contribution in [3.05, 3.63) is 64.6 Å². The van der Waals surface area contributed by atoms with Crippen LogP contribution >= 0.6 is 11.8 Å². The number of benzene rings is 2.